The third kappa shape index (κ3) is 4.88. The number of benzene rings is 1. The second kappa shape index (κ2) is 7.56. The van der Waals surface area contributed by atoms with Gasteiger partial charge in [-0.2, -0.15) is 0 Å². The van der Waals surface area contributed by atoms with Crippen molar-refractivity contribution in [1.29, 1.82) is 0 Å². The fourth-order valence-electron chi connectivity index (χ4n) is 1.79. The molecule has 0 bridgehead atoms. The Hall–Kier alpha value is -1.000. The molecule has 1 atom stereocenters. The molecule has 1 rings (SSSR count). The van der Waals surface area contributed by atoms with E-state index in [1.54, 1.807) is 0 Å². The molecule has 1 aromatic carbocycles. The number of aliphatic hydroxyl groups excluding tert-OH is 1. The topological polar surface area (TPSA) is 49.3 Å². The van der Waals surface area contributed by atoms with Crippen LogP contribution in [-0.2, 0) is 4.79 Å². The molecule has 19 heavy (non-hydrogen) atoms. The second-order valence-electron chi connectivity index (χ2n) is 5.05. The molecule has 0 aromatic heterocycles. The fraction of sp³-hybridized carbons (Fsp3) is 0.533. The summed E-state index contributed by atoms with van der Waals surface area (Å²) in [6, 6.07) is 6.07. The first-order valence-electron chi connectivity index (χ1n) is 6.57. The van der Waals surface area contributed by atoms with Crippen molar-refractivity contribution in [3.05, 3.63) is 29.3 Å². The Bertz CT molecular complexity index is 432. The minimum absolute atomic E-state index is 0.0125. The summed E-state index contributed by atoms with van der Waals surface area (Å²) in [6.07, 6.45) is 0. The van der Waals surface area contributed by atoms with Crippen LogP contribution in [0.2, 0.25) is 0 Å². The van der Waals surface area contributed by atoms with E-state index in [1.165, 1.54) is 11.8 Å². The van der Waals surface area contributed by atoms with E-state index in [0.29, 0.717) is 11.7 Å². The first kappa shape index (κ1) is 16.1. The van der Waals surface area contributed by atoms with Crippen LogP contribution in [0.4, 0.5) is 5.69 Å². The smallest absolute Gasteiger partial charge is 0.234 e. The molecule has 0 fully saturated rings. The number of carbonyl (C=O) groups excluding carboxylic acids is 1. The molecule has 0 aliphatic heterocycles. The molecular weight excluding hydrogens is 258 g/mol. The van der Waals surface area contributed by atoms with Gasteiger partial charge in [-0.05, 0) is 24.0 Å². The lowest BCUT2D eigenvalue weighted by Gasteiger charge is -2.16. The van der Waals surface area contributed by atoms with Gasteiger partial charge in [-0.3, -0.25) is 4.79 Å². The summed E-state index contributed by atoms with van der Waals surface area (Å²) >= 11 is 1.46. The van der Waals surface area contributed by atoms with Crippen LogP contribution < -0.4 is 5.32 Å². The van der Waals surface area contributed by atoms with E-state index in [0.717, 1.165) is 16.8 Å². The number of carbonyl (C=O) groups is 1. The Kier molecular flexibility index (Phi) is 6.38. The highest BCUT2D eigenvalue weighted by Crippen LogP contribution is 2.27. The SMILES string of the molecule is Cc1cccc(C(C)C)c1NC(=O)CSC(C)CO. The first-order chi connectivity index (χ1) is 8.95. The normalized spacial score (nSPS) is 12.5. The lowest BCUT2D eigenvalue weighted by molar-refractivity contribution is -0.113. The van der Waals surface area contributed by atoms with Gasteiger partial charge in [0.25, 0.3) is 0 Å². The van der Waals surface area contributed by atoms with Gasteiger partial charge in [-0.1, -0.05) is 39.0 Å². The molecule has 0 aliphatic rings. The molecule has 4 heteroatoms. The van der Waals surface area contributed by atoms with Gasteiger partial charge in [0.2, 0.25) is 5.91 Å². The number of aliphatic hydroxyl groups is 1. The number of rotatable bonds is 6. The molecule has 106 valence electrons. The third-order valence-electron chi connectivity index (χ3n) is 2.95. The van der Waals surface area contributed by atoms with Gasteiger partial charge in [0.15, 0.2) is 0 Å². The highest BCUT2D eigenvalue weighted by molar-refractivity contribution is 8.00. The van der Waals surface area contributed by atoms with E-state index in [-0.39, 0.29) is 17.8 Å². The molecule has 0 saturated heterocycles. The van der Waals surface area contributed by atoms with E-state index in [2.05, 4.69) is 25.2 Å². The molecule has 0 spiro atoms. The predicted molar refractivity (Wildman–Crippen MR) is 82.9 cm³/mol. The number of thioether (sulfide) groups is 1. The Morgan fingerprint density at radius 1 is 1.37 bits per heavy atom. The molecule has 2 N–H and O–H groups in total. The Morgan fingerprint density at radius 2 is 2.05 bits per heavy atom. The summed E-state index contributed by atoms with van der Waals surface area (Å²) in [5.41, 5.74) is 3.17. The highest BCUT2D eigenvalue weighted by Gasteiger charge is 2.12. The molecule has 0 aliphatic carbocycles. The highest BCUT2D eigenvalue weighted by atomic mass is 32.2. The summed E-state index contributed by atoms with van der Waals surface area (Å²) in [6.45, 7) is 8.25. The van der Waals surface area contributed by atoms with Crippen LogP contribution >= 0.6 is 11.8 Å². The van der Waals surface area contributed by atoms with Crippen molar-refractivity contribution in [2.75, 3.05) is 17.7 Å². The zero-order chi connectivity index (χ0) is 14.4. The van der Waals surface area contributed by atoms with Crippen LogP contribution in [-0.4, -0.2) is 28.6 Å². The molecular formula is C15H23NO2S. The van der Waals surface area contributed by atoms with E-state index < -0.39 is 0 Å². The first-order valence-corrected chi connectivity index (χ1v) is 7.62. The van der Waals surface area contributed by atoms with Crippen molar-refractivity contribution in [1.82, 2.24) is 0 Å². The minimum Gasteiger partial charge on any atom is -0.395 e. The van der Waals surface area contributed by atoms with Crippen LogP contribution in [0.5, 0.6) is 0 Å². The minimum atomic E-state index is -0.0125. The number of aryl methyl sites for hydroxylation is 1. The van der Waals surface area contributed by atoms with Crippen molar-refractivity contribution < 1.29 is 9.90 Å². The zero-order valence-electron chi connectivity index (χ0n) is 12.1. The van der Waals surface area contributed by atoms with Crippen molar-refractivity contribution in [2.45, 2.75) is 38.9 Å². The van der Waals surface area contributed by atoms with Gasteiger partial charge in [0.05, 0.1) is 12.4 Å². The Morgan fingerprint density at radius 3 is 2.63 bits per heavy atom. The van der Waals surface area contributed by atoms with Crippen LogP contribution in [0.15, 0.2) is 18.2 Å². The van der Waals surface area contributed by atoms with Gasteiger partial charge in [0, 0.05) is 10.9 Å². The van der Waals surface area contributed by atoms with Crippen LogP contribution in [0.3, 0.4) is 0 Å². The quantitative estimate of drug-likeness (QED) is 0.842. The Balaban J connectivity index is 2.73. The Labute approximate surface area is 119 Å². The monoisotopic (exact) mass is 281 g/mol. The van der Waals surface area contributed by atoms with E-state index >= 15 is 0 Å². The van der Waals surface area contributed by atoms with Crippen LogP contribution in [0.1, 0.15) is 37.8 Å². The lowest BCUT2D eigenvalue weighted by Crippen LogP contribution is -2.18. The summed E-state index contributed by atoms with van der Waals surface area (Å²) in [4.78, 5) is 11.9. The molecule has 1 aromatic rings. The maximum Gasteiger partial charge on any atom is 0.234 e. The molecule has 3 nitrogen and oxygen atoms in total. The number of anilines is 1. The largest absolute Gasteiger partial charge is 0.395 e. The maximum absolute atomic E-state index is 11.9. The van der Waals surface area contributed by atoms with E-state index in [9.17, 15) is 4.79 Å². The van der Waals surface area contributed by atoms with Gasteiger partial charge < -0.3 is 10.4 Å². The summed E-state index contributed by atoms with van der Waals surface area (Å²) in [5.74, 6) is 0.730. The average Bonchev–Trinajstić information content (AvgIpc) is 2.38. The van der Waals surface area contributed by atoms with Gasteiger partial charge in [0.1, 0.15) is 0 Å². The number of para-hydroxylation sites is 1. The number of hydrogen-bond acceptors (Lipinski definition) is 3. The predicted octanol–water partition coefficient (Wildman–Crippen LogP) is 3.17. The van der Waals surface area contributed by atoms with Crippen LogP contribution in [0.25, 0.3) is 0 Å². The number of hydrogen-bond donors (Lipinski definition) is 2. The van der Waals surface area contributed by atoms with Crippen molar-refractivity contribution in [3.63, 3.8) is 0 Å². The lowest BCUT2D eigenvalue weighted by atomic mass is 9.98. The van der Waals surface area contributed by atoms with Gasteiger partial charge >= 0.3 is 0 Å². The van der Waals surface area contributed by atoms with Crippen molar-refractivity contribution in [2.24, 2.45) is 0 Å². The van der Waals surface area contributed by atoms with E-state index in [1.807, 2.05) is 26.0 Å². The molecule has 1 unspecified atom stereocenters. The standard InChI is InChI=1S/C15H23NO2S/c1-10(2)13-7-5-6-11(3)15(13)16-14(18)9-19-12(4)8-17/h5-7,10,12,17H,8-9H2,1-4H3,(H,16,18). The number of nitrogens with one attached hydrogen (secondary N) is 1. The molecule has 1 amide bonds. The van der Waals surface area contributed by atoms with Gasteiger partial charge in [-0.25, -0.2) is 0 Å². The maximum atomic E-state index is 11.9. The third-order valence-corrected chi connectivity index (χ3v) is 4.09. The van der Waals surface area contributed by atoms with Crippen LogP contribution in [0, 0.1) is 6.92 Å². The zero-order valence-corrected chi connectivity index (χ0v) is 12.9. The summed E-state index contributed by atoms with van der Waals surface area (Å²) in [5, 5.41) is 12.0. The molecule has 0 heterocycles. The van der Waals surface area contributed by atoms with Gasteiger partial charge in [-0.15, -0.1) is 11.8 Å². The summed E-state index contributed by atoms with van der Waals surface area (Å²) < 4.78 is 0. The number of amides is 1. The molecule has 0 radical (unpaired) electrons. The van der Waals surface area contributed by atoms with Crippen molar-refractivity contribution in [3.8, 4) is 0 Å². The van der Waals surface area contributed by atoms with Crippen molar-refractivity contribution >= 4 is 23.4 Å². The van der Waals surface area contributed by atoms with E-state index in [4.69, 9.17) is 5.11 Å². The second-order valence-corrected chi connectivity index (χ2v) is 6.47. The summed E-state index contributed by atoms with van der Waals surface area (Å²) in [7, 11) is 0. The molecule has 0 saturated carbocycles. The fourth-order valence-corrected chi connectivity index (χ4v) is 2.40. The average molecular weight is 281 g/mol.